The fraction of sp³-hybridized carbons (Fsp3) is 0.273. The molecule has 0 aliphatic carbocycles. The van der Waals surface area contributed by atoms with E-state index in [4.69, 9.17) is 23.9 Å². The molecule has 0 heterocycles. The maximum Gasteiger partial charge on any atom is 0.124 e. The molecule has 1 unspecified atom stereocenters. The summed E-state index contributed by atoms with van der Waals surface area (Å²) in [4.78, 5) is 0. The molecule has 0 amide bonds. The van der Waals surface area contributed by atoms with Crippen molar-refractivity contribution >= 4 is 11.6 Å². The molecule has 0 aliphatic heterocycles. The van der Waals surface area contributed by atoms with Gasteiger partial charge in [0.1, 0.15) is 5.82 Å². The molecule has 1 aromatic carbocycles. The predicted octanol–water partition coefficient (Wildman–Crippen LogP) is 2.40. The zero-order valence-corrected chi connectivity index (χ0v) is 8.89. The molecular weight excluding hydrogens is 215 g/mol. The van der Waals surface area contributed by atoms with Gasteiger partial charge in [-0.05, 0) is 24.1 Å². The molecule has 2 nitrogen and oxygen atoms in total. The van der Waals surface area contributed by atoms with Gasteiger partial charge in [-0.3, -0.25) is 11.3 Å². The molecule has 0 aromatic heterocycles. The molecule has 15 heavy (non-hydrogen) atoms. The zero-order valence-electron chi connectivity index (χ0n) is 8.13. The van der Waals surface area contributed by atoms with Gasteiger partial charge in [0, 0.05) is 17.5 Å². The summed E-state index contributed by atoms with van der Waals surface area (Å²) in [6.45, 7) is 0. The molecule has 0 fully saturated rings. The predicted molar refractivity (Wildman–Crippen MR) is 59.5 cm³/mol. The van der Waals surface area contributed by atoms with Crippen molar-refractivity contribution in [2.24, 2.45) is 5.84 Å². The summed E-state index contributed by atoms with van der Waals surface area (Å²) in [6.07, 6.45) is 6.41. The van der Waals surface area contributed by atoms with Crippen LogP contribution in [0.5, 0.6) is 0 Å². The Labute approximate surface area is 93.6 Å². The number of nitrogens with one attached hydrogen (secondary N) is 1. The van der Waals surface area contributed by atoms with E-state index < -0.39 is 0 Å². The first-order valence-corrected chi connectivity index (χ1v) is 4.91. The minimum absolute atomic E-state index is 0.144. The lowest BCUT2D eigenvalue weighted by atomic mass is 10.0. The SMILES string of the molecule is C#CCCC(NN)c1ccc(F)cc1Cl. The number of hydrogen-bond acceptors (Lipinski definition) is 2. The smallest absolute Gasteiger partial charge is 0.124 e. The molecule has 1 rings (SSSR count). The van der Waals surface area contributed by atoms with Crippen LogP contribution in [0.25, 0.3) is 0 Å². The second kappa shape index (κ2) is 5.72. The third kappa shape index (κ3) is 3.21. The van der Waals surface area contributed by atoms with E-state index in [2.05, 4.69) is 11.3 Å². The molecule has 0 aliphatic rings. The van der Waals surface area contributed by atoms with Crippen LogP contribution in [0.1, 0.15) is 24.4 Å². The van der Waals surface area contributed by atoms with Crippen LogP contribution in [0.15, 0.2) is 18.2 Å². The summed E-state index contributed by atoms with van der Waals surface area (Å²) in [6, 6.07) is 4.08. The van der Waals surface area contributed by atoms with E-state index in [0.717, 1.165) is 5.56 Å². The Hall–Kier alpha value is -1.08. The second-order valence-electron chi connectivity index (χ2n) is 3.13. The van der Waals surface area contributed by atoms with Gasteiger partial charge in [0.15, 0.2) is 0 Å². The van der Waals surface area contributed by atoms with Crippen LogP contribution in [0, 0.1) is 18.2 Å². The van der Waals surface area contributed by atoms with Gasteiger partial charge < -0.3 is 0 Å². The Balaban J connectivity index is 2.87. The van der Waals surface area contributed by atoms with E-state index in [1.807, 2.05) is 0 Å². The Kier molecular flexibility index (Phi) is 4.57. The lowest BCUT2D eigenvalue weighted by Gasteiger charge is -2.16. The molecule has 4 heteroatoms. The maximum atomic E-state index is 12.8. The van der Waals surface area contributed by atoms with Gasteiger partial charge in [0.05, 0.1) is 0 Å². The minimum Gasteiger partial charge on any atom is -0.271 e. The van der Waals surface area contributed by atoms with Crippen LogP contribution in [0.3, 0.4) is 0 Å². The highest BCUT2D eigenvalue weighted by Crippen LogP contribution is 2.26. The minimum atomic E-state index is -0.364. The van der Waals surface area contributed by atoms with Crippen LogP contribution < -0.4 is 11.3 Å². The molecular formula is C11H12ClFN2. The summed E-state index contributed by atoms with van der Waals surface area (Å²) in [5.74, 6) is 7.54. The summed E-state index contributed by atoms with van der Waals surface area (Å²) in [5, 5.41) is 0.356. The molecule has 0 bridgehead atoms. The summed E-state index contributed by atoms with van der Waals surface area (Å²) in [5.41, 5.74) is 3.37. The first kappa shape index (κ1) is 12.0. The summed E-state index contributed by atoms with van der Waals surface area (Å²) < 4.78 is 12.8. The fourth-order valence-corrected chi connectivity index (χ4v) is 1.64. The van der Waals surface area contributed by atoms with Crippen LogP contribution >= 0.6 is 11.6 Å². The van der Waals surface area contributed by atoms with Crippen molar-refractivity contribution in [3.63, 3.8) is 0 Å². The fourth-order valence-electron chi connectivity index (χ4n) is 1.34. The molecule has 0 radical (unpaired) electrons. The average molecular weight is 227 g/mol. The number of halogens is 2. The van der Waals surface area contributed by atoms with E-state index in [0.29, 0.717) is 17.9 Å². The van der Waals surface area contributed by atoms with E-state index in [1.165, 1.54) is 12.1 Å². The monoisotopic (exact) mass is 226 g/mol. The van der Waals surface area contributed by atoms with Gasteiger partial charge in [-0.15, -0.1) is 12.3 Å². The standard InChI is InChI=1S/C11H12ClFN2/c1-2-3-4-11(15-14)9-6-5-8(13)7-10(9)12/h1,5-7,11,15H,3-4,14H2. The third-order valence-electron chi connectivity index (χ3n) is 2.12. The normalized spacial score (nSPS) is 12.1. The van der Waals surface area contributed by atoms with Gasteiger partial charge in [-0.25, -0.2) is 4.39 Å². The Morgan fingerprint density at radius 3 is 2.87 bits per heavy atom. The van der Waals surface area contributed by atoms with E-state index in [1.54, 1.807) is 6.07 Å². The number of nitrogens with two attached hydrogens (primary N) is 1. The van der Waals surface area contributed by atoms with Gasteiger partial charge in [-0.1, -0.05) is 17.7 Å². The first-order chi connectivity index (χ1) is 7.19. The Bertz CT molecular complexity index is 373. The topological polar surface area (TPSA) is 38.0 Å². The van der Waals surface area contributed by atoms with Crippen molar-refractivity contribution < 1.29 is 4.39 Å². The van der Waals surface area contributed by atoms with Crippen molar-refractivity contribution in [2.45, 2.75) is 18.9 Å². The van der Waals surface area contributed by atoms with Crippen LogP contribution in [-0.2, 0) is 0 Å². The van der Waals surface area contributed by atoms with E-state index in [9.17, 15) is 4.39 Å². The maximum absolute atomic E-state index is 12.8. The Morgan fingerprint density at radius 2 is 2.33 bits per heavy atom. The third-order valence-corrected chi connectivity index (χ3v) is 2.44. The van der Waals surface area contributed by atoms with Crippen molar-refractivity contribution in [1.82, 2.24) is 5.43 Å². The van der Waals surface area contributed by atoms with Gasteiger partial charge in [0.2, 0.25) is 0 Å². The lowest BCUT2D eigenvalue weighted by Crippen LogP contribution is -2.28. The summed E-state index contributed by atoms with van der Waals surface area (Å²) in [7, 11) is 0. The highest BCUT2D eigenvalue weighted by molar-refractivity contribution is 6.31. The lowest BCUT2D eigenvalue weighted by molar-refractivity contribution is 0.522. The molecule has 0 spiro atoms. The van der Waals surface area contributed by atoms with Crippen LogP contribution in [-0.4, -0.2) is 0 Å². The first-order valence-electron chi connectivity index (χ1n) is 4.53. The van der Waals surface area contributed by atoms with Crippen molar-refractivity contribution in [3.05, 3.63) is 34.6 Å². The van der Waals surface area contributed by atoms with Crippen molar-refractivity contribution in [2.75, 3.05) is 0 Å². The zero-order chi connectivity index (χ0) is 11.3. The number of terminal acetylenes is 1. The van der Waals surface area contributed by atoms with Crippen molar-refractivity contribution in [3.8, 4) is 12.3 Å². The van der Waals surface area contributed by atoms with Gasteiger partial charge in [0.25, 0.3) is 0 Å². The number of rotatable bonds is 4. The largest absolute Gasteiger partial charge is 0.271 e. The quantitative estimate of drug-likeness (QED) is 0.470. The highest BCUT2D eigenvalue weighted by atomic mass is 35.5. The molecule has 80 valence electrons. The van der Waals surface area contributed by atoms with E-state index in [-0.39, 0.29) is 11.9 Å². The second-order valence-corrected chi connectivity index (χ2v) is 3.54. The molecule has 1 aromatic rings. The number of hydrazine groups is 1. The number of hydrogen-bond donors (Lipinski definition) is 2. The van der Waals surface area contributed by atoms with Crippen molar-refractivity contribution in [1.29, 1.82) is 0 Å². The van der Waals surface area contributed by atoms with Gasteiger partial charge >= 0.3 is 0 Å². The highest BCUT2D eigenvalue weighted by Gasteiger charge is 2.12. The molecule has 0 saturated carbocycles. The average Bonchev–Trinajstić information content (AvgIpc) is 2.21. The van der Waals surface area contributed by atoms with Gasteiger partial charge in [-0.2, -0.15) is 0 Å². The molecule has 0 saturated heterocycles. The van der Waals surface area contributed by atoms with Crippen LogP contribution in [0.2, 0.25) is 5.02 Å². The molecule has 3 N–H and O–H groups in total. The van der Waals surface area contributed by atoms with E-state index >= 15 is 0 Å². The summed E-state index contributed by atoms with van der Waals surface area (Å²) >= 11 is 5.89. The van der Waals surface area contributed by atoms with Crippen LogP contribution in [0.4, 0.5) is 4.39 Å². The number of benzene rings is 1. The molecule has 1 atom stereocenters. The Morgan fingerprint density at radius 1 is 1.60 bits per heavy atom.